The number of nitrogens with two attached hydrogens (primary N) is 1. The summed E-state index contributed by atoms with van der Waals surface area (Å²) in [4.78, 5) is 34.2. The van der Waals surface area contributed by atoms with Crippen LogP contribution in [0.3, 0.4) is 0 Å². The van der Waals surface area contributed by atoms with Crippen LogP contribution in [0.1, 0.15) is 29.8 Å². The second-order valence-corrected chi connectivity index (χ2v) is 5.90. The van der Waals surface area contributed by atoms with Gasteiger partial charge in [-0.05, 0) is 23.1 Å². The summed E-state index contributed by atoms with van der Waals surface area (Å²) in [7, 11) is 0. The van der Waals surface area contributed by atoms with E-state index < -0.39 is 29.1 Å². The Hall–Kier alpha value is -2.37. The van der Waals surface area contributed by atoms with E-state index in [-0.39, 0.29) is 12.5 Å². The van der Waals surface area contributed by atoms with Crippen LogP contribution in [-0.4, -0.2) is 22.9 Å². The standard InChI is InChI=1S/C15H18N2O4/c1-15(2)10(11(15)14(20)21)13(19)17-7-8-4-3-5-9(6-8)12(16)18/h3-6,10-11H,7H2,1-2H3,(H2,16,18)(H,17,19)(H,20,21)/t10-,11+/m1/s1. The van der Waals surface area contributed by atoms with E-state index >= 15 is 0 Å². The van der Waals surface area contributed by atoms with Crippen LogP contribution in [0.25, 0.3) is 0 Å². The van der Waals surface area contributed by atoms with Gasteiger partial charge >= 0.3 is 5.97 Å². The van der Waals surface area contributed by atoms with Crippen molar-refractivity contribution in [2.45, 2.75) is 20.4 Å². The first-order valence-electron chi connectivity index (χ1n) is 6.64. The highest BCUT2D eigenvalue weighted by Gasteiger charge is 2.65. The molecule has 0 unspecified atom stereocenters. The third-order valence-electron chi connectivity index (χ3n) is 4.05. The first kappa shape index (κ1) is 15.0. The highest BCUT2D eigenvalue weighted by Crippen LogP contribution is 2.58. The van der Waals surface area contributed by atoms with Crippen molar-refractivity contribution in [3.05, 3.63) is 35.4 Å². The van der Waals surface area contributed by atoms with Crippen LogP contribution in [0, 0.1) is 17.3 Å². The fourth-order valence-electron chi connectivity index (χ4n) is 2.72. The van der Waals surface area contributed by atoms with Gasteiger partial charge in [-0.1, -0.05) is 26.0 Å². The van der Waals surface area contributed by atoms with E-state index in [1.54, 1.807) is 38.1 Å². The molecule has 0 spiro atoms. The first-order chi connectivity index (χ1) is 9.75. The predicted molar refractivity (Wildman–Crippen MR) is 75.2 cm³/mol. The SMILES string of the molecule is CC1(C)[C@H](C(=O)O)[C@@H]1C(=O)NCc1cccc(C(N)=O)c1. The highest BCUT2D eigenvalue weighted by atomic mass is 16.4. The van der Waals surface area contributed by atoms with Crippen LogP contribution < -0.4 is 11.1 Å². The van der Waals surface area contributed by atoms with E-state index in [1.807, 2.05) is 0 Å². The number of aliphatic carboxylic acids is 1. The lowest BCUT2D eigenvalue weighted by atomic mass is 10.1. The van der Waals surface area contributed by atoms with Crippen molar-refractivity contribution in [1.29, 1.82) is 0 Å². The zero-order valence-electron chi connectivity index (χ0n) is 11.9. The molecule has 6 nitrogen and oxygen atoms in total. The number of amides is 2. The number of hydrogen-bond donors (Lipinski definition) is 3. The minimum Gasteiger partial charge on any atom is -0.481 e. The van der Waals surface area contributed by atoms with Gasteiger partial charge in [0.05, 0.1) is 11.8 Å². The van der Waals surface area contributed by atoms with Gasteiger partial charge in [0, 0.05) is 12.1 Å². The molecule has 2 amide bonds. The van der Waals surface area contributed by atoms with Crippen molar-refractivity contribution in [2.24, 2.45) is 23.0 Å². The molecule has 21 heavy (non-hydrogen) atoms. The Labute approximate surface area is 122 Å². The Morgan fingerprint density at radius 2 is 1.95 bits per heavy atom. The average Bonchev–Trinajstić information content (AvgIpc) is 2.99. The van der Waals surface area contributed by atoms with E-state index in [2.05, 4.69) is 5.32 Å². The maximum atomic E-state index is 12.1. The van der Waals surface area contributed by atoms with Gasteiger partial charge < -0.3 is 16.2 Å². The molecular formula is C15H18N2O4. The van der Waals surface area contributed by atoms with Crippen LogP contribution in [0.4, 0.5) is 0 Å². The fourth-order valence-corrected chi connectivity index (χ4v) is 2.72. The third-order valence-corrected chi connectivity index (χ3v) is 4.05. The van der Waals surface area contributed by atoms with Crippen molar-refractivity contribution in [3.63, 3.8) is 0 Å². The lowest BCUT2D eigenvalue weighted by Gasteiger charge is -2.07. The summed E-state index contributed by atoms with van der Waals surface area (Å²) in [5.74, 6) is -2.92. The number of nitrogens with one attached hydrogen (secondary N) is 1. The Kier molecular flexibility index (Phi) is 3.72. The van der Waals surface area contributed by atoms with Crippen LogP contribution in [0.2, 0.25) is 0 Å². The van der Waals surface area contributed by atoms with Gasteiger partial charge in [0.15, 0.2) is 0 Å². The molecule has 0 aliphatic heterocycles. The Balaban J connectivity index is 1.98. The minimum absolute atomic E-state index is 0.235. The lowest BCUT2D eigenvalue weighted by molar-refractivity contribution is -0.140. The van der Waals surface area contributed by atoms with Gasteiger partial charge in [-0.2, -0.15) is 0 Å². The van der Waals surface area contributed by atoms with Crippen molar-refractivity contribution in [2.75, 3.05) is 0 Å². The molecule has 1 fully saturated rings. The predicted octanol–water partition coefficient (Wildman–Crippen LogP) is 0.758. The van der Waals surface area contributed by atoms with Crippen LogP contribution >= 0.6 is 0 Å². The lowest BCUT2D eigenvalue weighted by Crippen LogP contribution is -2.27. The topological polar surface area (TPSA) is 109 Å². The number of primary amides is 1. The van der Waals surface area contributed by atoms with Crippen LogP contribution in [-0.2, 0) is 16.1 Å². The molecule has 0 aromatic heterocycles. The second-order valence-electron chi connectivity index (χ2n) is 5.90. The molecule has 1 aromatic rings. The van der Waals surface area contributed by atoms with E-state index in [0.29, 0.717) is 5.56 Å². The molecule has 2 atom stereocenters. The third kappa shape index (κ3) is 2.89. The average molecular weight is 290 g/mol. The van der Waals surface area contributed by atoms with E-state index in [4.69, 9.17) is 10.8 Å². The molecule has 1 saturated carbocycles. The van der Waals surface area contributed by atoms with Gasteiger partial charge in [0.1, 0.15) is 0 Å². The molecule has 1 aliphatic carbocycles. The number of rotatable bonds is 5. The molecule has 0 heterocycles. The fraction of sp³-hybridized carbons (Fsp3) is 0.400. The largest absolute Gasteiger partial charge is 0.481 e. The number of carbonyl (C=O) groups excluding carboxylic acids is 2. The molecule has 0 saturated heterocycles. The van der Waals surface area contributed by atoms with Crippen molar-refractivity contribution >= 4 is 17.8 Å². The first-order valence-corrected chi connectivity index (χ1v) is 6.64. The highest BCUT2D eigenvalue weighted by molar-refractivity contribution is 5.93. The minimum atomic E-state index is -0.948. The van der Waals surface area contributed by atoms with Crippen molar-refractivity contribution in [1.82, 2.24) is 5.32 Å². The normalized spacial score (nSPS) is 22.4. The summed E-state index contributed by atoms with van der Waals surface area (Å²) < 4.78 is 0. The molecule has 6 heteroatoms. The summed E-state index contributed by atoms with van der Waals surface area (Å²) in [6.07, 6.45) is 0. The van der Waals surface area contributed by atoms with Gasteiger partial charge in [-0.15, -0.1) is 0 Å². The van der Waals surface area contributed by atoms with Crippen molar-refractivity contribution < 1.29 is 19.5 Å². The summed E-state index contributed by atoms with van der Waals surface area (Å²) in [6.45, 7) is 3.77. The van der Waals surface area contributed by atoms with Gasteiger partial charge in [-0.3, -0.25) is 14.4 Å². The number of hydrogen-bond acceptors (Lipinski definition) is 3. The maximum Gasteiger partial charge on any atom is 0.307 e. The molecule has 1 aliphatic rings. The Bertz CT molecular complexity index is 609. The van der Waals surface area contributed by atoms with E-state index in [9.17, 15) is 14.4 Å². The quantitative estimate of drug-likeness (QED) is 0.743. The van der Waals surface area contributed by atoms with E-state index in [1.165, 1.54) is 0 Å². The molecule has 0 bridgehead atoms. The van der Waals surface area contributed by atoms with E-state index in [0.717, 1.165) is 5.56 Å². The smallest absolute Gasteiger partial charge is 0.307 e. The molecular weight excluding hydrogens is 272 g/mol. The number of carboxylic acid groups (broad SMARTS) is 1. The Morgan fingerprint density at radius 3 is 2.48 bits per heavy atom. The molecule has 2 rings (SSSR count). The molecule has 0 radical (unpaired) electrons. The molecule has 112 valence electrons. The molecule has 4 N–H and O–H groups in total. The van der Waals surface area contributed by atoms with Gasteiger partial charge in [0.25, 0.3) is 0 Å². The maximum absolute atomic E-state index is 12.1. The van der Waals surface area contributed by atoms with Crippen LogP contribution in [0.5, 0.6) is 0 Å². The zero-order valence-corrected chi connectivity index (χ0v) is 11.9. The zero-order chi connectivity index (χ0) is 15.8. The number of carboxylic acids is 1. The second kappa shape index (κ2) is 5.20. The van der Waals surface area contributed by atoms with Gasteiger partial charge in [-0.25, -0.2) is 0 Å². The van der Waals surface area contributed by atoms with Crippen LogP contribution in [0.15, 0.2) is 24.3 Å². The Morgan fingerprint density at radius 1 is 1.29 bits per heavy atom. The molecule has 1 aromatic carbocycles. The number of carbonyl (C=O) groups is 3. The van der Waals surface area contributed by atoms with Gasteiger partial charge in [0.2, 0.25) is 11.8 Å². The summed E-state index contributed by atoms with van der Waals surface area (Å²) in [5.41, 5.74) is 5.78. The monoisotopic (exact) mass is 290 g/mol. The summed E-state index contributed by atoms with van der Waals surface area (Å²) in [5, 5.41) is 11.8. The summed E-state index contributed by atoms with van der Waals surface area (Å²) in [6, 6.07) is 6.65. The summed E-state index contributed by atoms with van der Waals surface area (Å²) >= 11 is 0. The van der Waals surface area contributed by atoms with Crippen molar-refractivity contribution in [3.8, 4) is 0 Å². The number of benzene rings is 1.